The lowest BCUT2D eigenvalue weighted by molar-refractivity contribution is -0.116. The highest BCUT2D eigenvalue weighted by Crippen LogP contribution is 2.32. The number of anilines is 1. The number of halogens is 4. The number of rotatable bonds is 7. The maximum atomic E-state index is 12.4. The first-order valence-electron chi connectivity index (χ1n) is 7.69. The molecule has 1 amide bonds. The number of methoxy groups -OCH3 is 1. The largest absolute Gasteiger partial charge is 0.495 e. The minimum absolute atomic E-state index is 0.181. The smallest absolute Gasteiger partial charge is 0.398 e. The molecule has 0 unspecified atom stereocenters. The van der Waals surface area contributed by atoms with Crippen LogP contribution in [0.15, 0.2) is 47.4 Å². The zero-order valence-electron chi connectivity index (χ0n) is 13.9. The van der Waals surface area contributed by atoms with Crippen LogP contribution in [0.3, 0.4) is 0 Å². The molecule has 0 aliphatic carbocycles. The molecule has 0 spiro atoms. The van der Waals surface area contributed by atoms with E-state index in [2.05, 4.69) is 5.32 Å². The van der Waals surface area contributed by atoms with Crippen molar-refractivity contribution in [1.29, 1.82) is 0 Å². The van der Waals surface area contributed by atoms with Crippen molar-refractivity contribution in [2.75, 3.05) is 18.2 Å². The average molecular weight is 404 g/mol. The van der Waals surface area contributed by atoms with Crippen LogP contribution in [0.4, 0.5) is 18.9 Å². The van der Waals surface area contributed by atoms with Crippen molar-refractivity contribution in [3.8, 4) is 5.75 Å². The second kappa shape index (κ2) is 9.19. The minimum atomic E-state index is -4.27. The van der Waals surface area contributed by atoms with E-state index in [0.29, 0.717) is 39.5 Å². The van der Waals surface area contributed by atoms with E-state index in [9.17, 15) is 18.0 Å². The Morgan fingerprint density at radius 2 is 1.96 bits per heavy atom. The number of thioether (sulfide) groups is 1. The van der Waals surface area contributed by atoms with E-state index in [-0.39, 0.29) is 12.3 Å². The van der Waals surface area contributed by atoms with Gasteiger partial charge in [0.15, 0.2) is 0 Å². The van der Waals surface area contributed by atoms with E-state index in [0.717, 1.165) is 5.56 Å². The van der Waals surface area contributed by atoms with Gasteiger partial charge in [-0.15, -0.1) is 11.8 Å². The summed E-state index contributed by atoms with van der Waals surface area (Å²) in [4.78, 5) is 12.5. The quantitative estimate of drug-likeness (QED) is 0.614. The summed E-state index contributed by atoms with van der Waals surface area (Å²) in [5, 5.41) is 3.13. The molecule has 26 heavy (non-hydrogen) atoms. The second-order valence-corrected chi connectivity index (χ2v) is 6.84. The lowest BCUT2D eigenvalue weighted by Crippen LogP contribution is -2.14. The zero-order valence-corrected chi connectivity index (χ0v) is 15.5. The van der Waals surface area contributed by atoms with E-state index in [4.69, 9.17) is 16.3 Å². The van der Waals surface area contributed by atoms with Crippen LogP contribution < -0.4 is 10.1 Å². The van der Waals surface area contributed by atoms with Gasteiger partial charge in [0.05, 0.1) is 23.6 Å². The van der Waals surface area contributed by atoms with Crippen LogP contribution in [-0.4, -0.2) is 24.9 Å². The number of carbonyl (C=O) groups is 1. The fraction of sp³-hybridized carbons (Fsp3) is 0.278. The maximum Gasteiger partial charge on any atom is 0.398 e. The maximum absolute atomic E-state index is 12.4. The molecular weight excluding hydrogens is 387 g/mol. The summed E-state index contributed by atoms with van der Waals surface area (Å²) in [7, 11) is 1.52. The Kier molecular flexibility index (Phi) is 7.23. The van der Waals surface area contributed by atoms with Gasteiger partial charge in [-0.25, -0.2) is 0 Å². The van der Waals surface area contributed by atoms with E-state index in [1.807, 2.05) is 6.07 Å². The first kappa shape index (κ1) is 20.5. The molecule has 0 bridgehead atoms. The van der Waals surface area contributed by atoms with Crippen LogP contribution in [0, 0.1) is 0 Å². The fourth-order valence-corrected chi connectivity index (χ4v) is 3.24. The van der Waals surface area contributed by atoms with Gasteiger partial charge in [0.2, 0.25) is 5.91 Å². The lowest BCUT2D eigenvalue weighted by atomic mass is 10.1. The van der Waals surface area contributed by atoms with Crippen LogP contribution in [0.1, 0.15) is 12.0 Å². The number of hydrogen-bond donors (Lipinski definition) is 1. The number of nitrogens with one attached hydrogen (secondary N) is 1. The molecule has 2 aromatic carbocycles. The van der Waals surface area contributed by atoms with Gasteiger partial charge >= 0.3 is 6.18 Å². The molecule has 8 heteroatoms. The van der Waals surface area contributed by atoms with Crippen LogP contribution >= 0.6 is 23.4 Å². The Morgan fingerprint density at radius 1 is 1.23 bits per heavy atom. The number of carbonyl (C=O) groups excluding carboxylic acids is 1. The van der Waals surface area contributed by atoms with Crippen molar-refractivity contribution in [1.82, 2.24) is 0 Å². The topological polar surface area (TPSA) is 38.3 Å². The molecule has 0 saturated carbocycles. The zero-order chi connectivity index (χ0) is 19.2. The van der Waals surface area contributed by atoms with Crippen LogP contribution in [0.25, 0.3) is 0 Å². The Bertz CT molecular complexity index is 768. The summed E-state index contributed by atoms with van der Waals surface area (Å²) in [6.07, 6.45) is -3.64. The third-order valence-electron chi connectivity index (χ3n) is 3.41. The Hall–Kier alpha value is -1.86. The third kappa shape index (κ3) is 6.46. The van der Waals surface area contributed by atoms with Crippen molar-refractivity contribution < 1.29 is 22.7 Å². The molecule has 0 aromatic heterocycles. The molecule has 1 N–H and O–H groups in total. The molecule has 2 rings (SSSR count). The van der Waals surface area contributed by atoms with Gasteiger partial charge in [0.1, 0.15) is 5.75 Å². The number of alkyl halides is 3. The molecule has 140 valence electrons. The number of hydrogen-bond acceptors (Lipinski definition) is 3. The van der Waals surface area contributed by atoms with Gasteiger partial charge in [-0.2, -0.15) is 13.2 Å². The molecule has 0 fully saturated rings. The van der Waals surface area contributed by atoms with Crippen molar-refractivity contribution in [2.24, 2.45) is 0 Å². The van der Waals surface area contributed by atoms with E-state index >= 15 is 0 Å². The van der Waals surface area contributed by atoms with Gasteiger partial charge in [-0.05, 0) is 36.2 Å². The van der Waals surface area contributed by atoms with Crippen LogP contribution in [-0.2, 0) is 11.2 Å². The molecule has 0 saturated heterocycles. The molecule has 0 atom stereocenters. The molecule has 0 aliphatic heterocycles. The van der Waals surface area contributed by atoms with Gasteiger partial charge in [0, 0.05) is 11.3 Å². The number of para-hydroxylation sites is 1. The molecule has 0 aliphatic rings. The second-order valence-electron chi connectivity index (χ2n) is 5.42. The van der Waals surface area contributed by atoms with Crippen molar-refractivity contribution in [2.45, 2.75) is 23.9 Å². The molecule has 2 aromatic rings. The highest BCUT2D eigenvalue weighted by molar-refractivity contribution is 7.99. The van der Waals surface area contributed by atoms with Gasteiger partial charge in [-0.1, -0.05) is 29.8 Å². The number of amides is 1. The minimum Gasteiger partial charge on any atom is -0.495 e. The summed E-state index contributed by atoms with van der Waals surface area (Å²) >= 11 is 6.69. The number of aryl methyl sites for hydroxylation is 1. The molecule has 0 radical (unpaired) electrons. The Labute approximate surface area is 158 Å². The SMILES string of the molecule is COc1ccc(CCC(=O)Nc2ccccc2SCC(F)(F)F)cc1Cl. The normalized spacial score (nSPS) is 11.3. The first-order chi connectivity index (χ1) is 12.3. The number of benzene rings is 2. The van der Waals surface area contributed by atoms with Crippen LogP contribution in [0.2, 0.25) is 5.02 Å². The average Bonchev–Trinajstić information content (AvgIpc) is 2.58. The molecule has 0 heterocycles. The third-order valence-corrected chi connectivity index (χ3v) is 4.84. The highest BCUT2D eigenvalue weighted by atomic mass is 35.5. The van der Waals surface area contributed by atoms with Crippen molar-refractivity contribution in [3.63, 3.8) is 0 Å². The monoisotopic (exact) mass is 403 g/mol. The molecular formula is C18H17ClF3NO2S. The van der Waals surface area contributed by atoms with Gasteiger partial charge in [0.25, 0.3) is 0 Å². The van der Waals surface area contributed by atoms with Crippen molar-refractivity contribution in [3.05, 3.63) is 53.1 Å². The predicted molar refractivity (Wildman–Crippen MR) is 98.2 cm³/mol. The van der Waals surface area contributed by atoms with Crippen LogP contribution in [0.5, 0.6) is 5.75 Å². The molecule has 3 nitrogen and oxygen atoms in total. The summed E-state index contributed by atoms with van der Waals surface area (Å²) < 4.78 is 42.3. The predicted octanol–water partition coefficient (Wildman–Crippen LogP) is 5.57. The standard InChI is InChI=1S/C18H17ClF3NO2S/c1-25-15-8-6-12(10-13(15)19)7-9-17(24)23-14-4-2-3-5-16(14)26-11-18(20,21)22/h2-6,8,10H,7,9,11H2,1H3,(H,23,24). The van der Waals surface area contributed by atoms with Gasteiger partial charge < -0.3 is 10.1 Å². The summed E-state index contributed by atoms with van der Waals surface area (Å²) in [6, 6.07) is 11.7. The van der Waals surface area contributed by atoms with E-state index in [1.54, 1.807) is 36.4 Å². The summed E-state index contributed by atoms with van der Waals surface area (Å²) in [5.41, 5.74) is 1.24. The first-order valence-corrected chi connectivity index (χ1v) is 9.05. The Balaban J connectivity index is 1.94. The summed E-state index contributed by atoms with van der Waals surface area (Å²) in [6.45, 7) is 0. The Morgan fingerprint density at radius 3 is 2.62 bits per heavy atom. The van der Waals surface area contributed by atoms with E-state index in [1.165, 1.54) is 7.11 Å². The fourth-order valence-electron chi connectivity index (χ4n) is 2.19. The van der Waals surface area contributed by atoms with Crippen molar-refractivity contribution >= 4 is 35.0 Å². The number of ether oxygens (including phenoxy) is 1. The lowest BCUT2D eigenvalue weighted by Gasteiger charge is -2.12. The summed E-state index contributed by atoms with van der Waals surface area (Å²) in [5.74, 6) is -0.739. The van der Waals surface area contributed by atoms with Gasteiger partial charge in [-0.3, -0.25) is 4.79 Å². The highest BCUT2D eigenvalue weighted by Gasteiger charge is 2.27. The van der Waals surface area contributed by atoms with E-state index < -0.39 is 11.9 Å².